The first-order valence-corrected chi connectivity index (χ1v) is 12.3. The van der Waals surface area contributed by atoms with E-state index in [0.717, 1.165) is 6.07 Å². The number of thioether (sulfide) groups is 1. The van der Waals surface area contributed by atoms with Crippen molar-refractivity contribution in [2.75, 3.05) is 10.6 Å². The van der Waals surface area contributed by atoms with Gasteiger partial charge in [-0.3, -0.25) is 9.59 Å². The smallest absolute Gasteiger partial charge is 0.324 e. The fraction of sp³-hybridized carbons (Fsp3) is 0.0714. The van der Waals surface area contributed by atoms with Gasteiger partial charge in [-0.05, 0) is 60.2 Å². The van der Waals surface area contributed by atoms with Crippen molar-refractivity contribution in [1.29, 1.82) is 0 Å². The molecule has 188 valence electrons. The molecule has 0 bridgehead atoms. The van der Waals surface area contributed by atoms with Gasteiger partial charge in [-0.2, -0.15) is 13.2 Å². The Kier molecular flexibility index (Phi) is 8.21. The molecular formula is C28H20ClF3N2O2S. The fourth-order valence-corrected chi connectivity index (χ4v) is 4.74. The standard InChI is InChI=1S/C28H20ClF3N2O2S/c29-20-10-6-9-19(17-20)26(35)33-21-13-15-22(16-14-21)37-25(18-7-2-1-3-8-18)27(36)34-24-12-5-4-11-23(24)28(30,31)32/h1-17,25H,(H,33,35)(H,34,36). The molecular weight excluding hydrogens is 521 g/mol. The third kappa shape index (κ3) is 6.93. The minimum atomic E-state index is -4.61. The predicted molar refractivity (Wildman–Crippen MR) is 141 cm³/mol. The minimum Gasteiger partial charge on any atom is -0.324 e. The van der Waals surface area contributed by atoms with E-state index in [-0.39, 0.29) is 11.6 Å². The van der Waals surface area contributed by atoms with Gasteiger partial charge in [0.05, 0.1) is 11.3 Å². The number of nitrogens with one attached hydrogen (secondary N) is 2. The monoisotopic (exact) mass is 540 g/mol. The summed E-state index contributed by atoms with van der Waals surface area (Å²) in [6.45, 7) is 0. The van der Waals surface area contributed by atoms with Gasteiger partial charge in [0.2, 0.25) is 5.91 Å². The molecule has 0 saturated carbocycles. The molecule has 0 saturated heterocycles. The van der Waals surface area contributed by atoms with Gasteiger partial charge < -0.3 is 10.6 Å². The predicted octanol–water partition coefficient (Wildman–Crippen LogP) is 8.08. The van der Waals surface area contributed by atoms with Crippen LogP contribution in [0, 0.1) is 0 Å². The summed E-state index contributed by atoms with van der Waals surface area (Å²) in [7, 11) is 0. The Morgan fingerprint density at radius 2 is 1.46 bits per heavy atom. The SMILES string of the molecule is O=C(Nc1ccc(SC(C(=O)Nc2ccccc2C(F)(F)F)c2ccccc2)cc1)c1cccc(Cl)c1. The van der Waals surface area contributed by atoms with Crippen molar-refractivity contribution in [2.45, 2.75) is 16.3 Å². The average Bonchev–Trinajstić information content (AvgIpc) is 2.88. The van der Waals surface area contributed by atoms with Crippen LogP contribution in [-0.2, 0) is 11.0 Å². The Balaban J connectivity index is 1.52. The third-order valence-electron chi connectivity index (χ3n) is 5.28. The number of para-hydroxylation sites is 1. The van der Waals surface area contributed by atoms with Crippen LogP contribution in [0.2, 0.25) is 5.02 Å². The van der Waals surface area contributed by atoms with Gasteiger partial charge in [0.25, 0.3) is 5.91 Å². The van der Waals surface area contributed by atoms with E-state index in [9.17, 15) is 22.8 Å². The summed E-state index contributed by atoms with van der Waals surface area (Å²) in [5.41, 5.74) is 0.355. The van der Waals surface area contributed by atoms with Crippen molar-refractivity contribution in [3.8, 4) is 0 Å². The second-order valence-corrected chi connectivity index (χ2v) is 9.54. The van der Waals surface area contributed by atoms with E-state index in [1.165, 1.54) is 30.0 Å². The van der Waals surface area contributed by atoms with E-state index >= 15 is 0 Å². The zero-order chi connectivity index (χ0) is 26.4. The molecule has 1 unspecified atom stereocenters. The first-order valence-electron chi connectivity index (χ1n) is 11.1. The van der Waals surface area contributed by atoms with Crippen LogP contribution < -0.4 is 10.6 Å². The van der Waals surface area contributed by atoms with Crippen LogP contribution in [0.4, 0.5) is 24.5 Å². The molecule has 1 atom stereocenters. The number of amides is 2. The van der Waals surface area contributed by atoms with Crippen LogP contribution in [-0.4, -0.2) is 11.8 Å². The number of hydrogen-bond acceptors (Lipinski definition) is 3. The summed E-state index contributed by atoms with van der Waals surface area (Å²) in [6.07, 6.45) is -4.61. The molecule has 0 heterocycles. The number of alkyl halides is 3. The molecule has 4 nitrogen and oxygen atoms in total. The van der Waals surface area contributed by atoms with Crippen molar-refractivity contribution in [3.63, 3.8) is 0 Å². The Labute approximate surface area is 220 Å². The molecule has 4 aromatic rings. The topological polar surface area (TPSA) is 58.2 Å². The van der Waals surface area contributed by atoms with Gasteiger partial charge in [0, 0.05) is 21.2 Å². The van der Waals surface area contributed by atoms with Crippen molar-refractivity contribution >= 4 is 46.6 Å². The highest BCUT2D eigenvalue weighted by atomic mass is 35.5. The fourth-order valence-electron chi connectivity index (χ4n) is 3.52. The number of hydrogen-bond donors (Lipinski definition) is 2. The lowest BCUT2D eigenvalue weighted by Gasteiger charge is -2.19. The van der Waals surface area contributed by atoms with Crippen LogP contribution in [0.25, 0.3) is 0 Å². The third-order valence-corrected chi connectivity index (χ3v) is 6.79. The lowest BCUT2D eigenvalue weighted by atomic mass is 10.1. The van der Waals surface area contributed by atoms with Crippen molar-refractivity contribution < 1.29 is 22.8 Å². The van der Waals surface area contributed by atoms with E-state index in [0.29, 0.717) is 26.7 Å². The minimum absolute atomic E-state index is 0.305. The molecule has 4 aromatic carbocycles. The Bertz CT molecular complexity index is 1400. The maximum absolute atomic E-state index is 13.4. The number of benzene rings is 4. The van der Waals surface area contributed by atoms with Gasteiger partial charge in [-0.25, -0.2) is 0 Å². The Morgan fingerprint density at radius 1 is 0.784 bits per heavy atom. The second kappa shape index (κ2) is 11.5. The largest absolute Gasteiger partial charge is 0.418 e. The van der Waals surface area contributed by atoms with E-state index in [1.807, 2.05) is 0 Å². The normalized spacial score (nSPS) is 12.0. The first-order chi connectivity index (χ1) is 17.7. The number of carbonyl (C=O) groups excluding carboxylic acids is 2. The Morgan fingerprint density at radius 3 is 2.14 bits per heavy atom. The molecule has 0 aliphatic rings. The number of carbonyl (C=O) groups is 2. The van der Waals surface area contributed by atoms with Gasteiger partial charge in [-0.15, -0.1) is 11.8 Å². The highest BCUT2D eigenvalue weighted by molar-refractivity contribution is 8.00. The van der Waals surface area contributed by atoms with Crippen LogP contribution >= 0.6 is 23.4 Å². The van der Waals surface area contributed by atoms with E-state index in [4.69, 9.17) is 11.6 Å². The molecule has 9 heteroatoms. The summed E-state index contributed by atoms with van der Waals surface area (Å²) in [5.74, 6) is -0.918. The second-order valence-electron chi connectivity index (χ2n) is 7.93. The summed E-state index contributed by atoms with van der Waals surface area (Å²) >= 11 is 7.13. The zero-order valence-electron chi connectivity index (χ0n) is 19.1. The highest BCUT2D eigenvalue weighted by Crippen LogP contribution is 2.39. The summed E-state index contributed by atoms with van der Waals surface area (Å²) in [5, 5.41) is 4.85. The number of halogens is 4. The average molecular weight is 541 g/mol. The molecule has 0 radical (unpaired) electrons. The molecule has 0 aromatic heterocycles. The molecule has 0 aliphatic carbocycles. The quantitative estimate of drug-likeness (QED) is 0.233. The van der Waals surface area contributed by atoms with E-state index in [1.54, 1.807) is 78.9 Å². The van der Waals surface area contributed by atoms with Crippen molar-refractivity contribution in [3.05, 3.63) is 125 Å². The van der Waals surface area contributed by atoms with Crippen LogP contribution in [0.5, 0.6) is 0 Å². The maximum Gasteiger partial charge on any atom is 0.418 e. The molecule has 2 N–H and O–H groups in total. The first kappa shape index (κ1) is 26.3. The lowest BCUT2D eigenvalue weighted by Crippen LogP contribution is -2.21. The van der Waals surface area contributed by atoms with Gasteiger partial charge in [0.15, 0.2) is 0 Å². The number of anilines is 2. The summed E-state index contributed by atoms with van der Waals surface area (Å²) in [4.78, 5) is 26.4. The summed E-state index contributed by atoms with van der Waals surface area (Å²) < 4.78 is 40.3. The maximum atomic E-state index is 13.4. The summed E-state index contributed by atoms with van der Waals surface area (Å²) in [6, 6.07) is 27.0. The molecule has 37 heavy (non-hydrogen) atoms. The van der Waals surface area contributed by atoms with E-state index in [2.05, 4.69) is 10.6 Å². The molecule has 2 amide bonds. The molecule has 0 aliphatic heterocycles. The zero-order valence-corrected chi connectivity index (χ0v) is 20.7. The number of rotatable bonds is 7. The van der Waals surface area contributed by atoms with Crippen molar-refractivity contribution in [1.82, 2.24) is 0 Å². The molecule has 0 spiro atoms. The van der Waals surface area contributed by atoms with Crippen LogP contribution in [0.1, 0.15) is 26.7 Å². The van der Waals surface area contributed by atoms with Crippen LogP contribution in [0.3, 0.4) is 0 Å². The van der Waals surface area contributed by atoms with Gasteiger partial charge in [0.1, 0.15) is 5.25 Å². The molecule has 0 fully saturated rings. The van der Waals surface area contributed by atoms with Gasteiger partial charge >= 0.3 is 6.18 Å². The Hall–Kier alpha value is -3.75. The van der Waals surface area contributed by atoms with E-state index < -0.39 is 22.9 Å². The van der Waals surface area contributed by atoms with Crippen LogP contribution in [0.15, 0.2) is 108 Å². The van der Waals surface area contributed by atoms with Crippen molar-refractivity contribution in [2.24, 2.45) is 0 Å². The molecule has 4 rings (SSSR count). The lowest BCUT2D eigenvalue weighted by molar-refractivity contribution is -0.137. The van der Waals surface area contributed by atoms with Gasteiger partial charge in [-0.1, -0.05) is 60.1 Å². The highest BCUT2D eigenvalue weighted by Gasteiger charge is 2.34.